The lowest BCUT2D eigenvalue weighted by Gasteiger charge is -2.30. The number of rotatable bonds is 4. The molecule has 0 spiro atoms. The lowest BCUT2D eigenvalue weighted by Crippen LogP contribution is -2.50. The van der Waals surface area contributed by atoms with Gasteiger partial charge in [0.25, 0.3) is 0 Å². The van der Waals surface area contributed by atoms with Crippen molar-refractivity contribution in [3.63, 3.8) is 0 Å². The summed E-state index contributed by atoms with van der Waals surface area (Å²) in [5.41, 5.74) is -0.299. The Hall–Kier alpha value is -1.40. The first-order chi connectivity index (χ1) is 9.69. The summed E-state index contributed by atoms with van der Waals surface area (Å²) in [5.74, 6) is -0.778. The molecule has 1 aliphatic heterocycles. The van der Waals surface area contributed by atoms with E-state index >= 15 is 0 Å². The molecule has 1 unspecified atom stereocenters. The maximum Gasteiger partial charge on any atom is 0.324 e. The fourth-order valence-corrected chi connectivity index (χ4v) is 4.49. The molecule has 1 aromatic rings. The Bertz CT molecular complexity index is 636. The van der Waals surface area contributed by atoms with Gasteiger partial charge in [-0.2, -0.15) is 4.31 Å². The third kappa shape index (κ3) is 2.70. The minimum atomic E-state index is -3.78. The van der Waals surface area contributed by atoms with Crippen LogP contribution in [0.3, 0.4) is 0 Å². The van der Waals surface area contributed by atoms with Crippen molar-refractivity contribution in [2.75, 3.05) is 6.54 Å². The Kier molecular flexibility index (Phi) is 4.13. The number of hydrogen-bond acceptors (Lipinski definition) is 3. The van der Waals surface area contributed by atoms with Crippen LogP contribution >= 0.6 is 0 Å². The lowest BCUT2D eigenvalue weighted by molar-refractivity contribution is -0.146. The topological polar surface area (TPSA) is 74.7 Å². The largest absolute Gasteiger partial charge is 0.480 e. The van der Waals surface area contributed by atoms with Crippen LogP contribution in [0, 0.1) is 0 Å². The average Bonchev–Trinajstić information content (AvgIpc) is 2.83. The van der Waals surface area contributed by atoms with Crippen molar-refractivity contribution in [1.29, 1.82) is 0 Å². The molecule has 1 atom stereocenters. The van der Waals surface area contributed by atoms with E-state index in [1.165, 1.54) is 6.92 Å². The van der Waals surface area contributed by atoms with E-state index in [0.29, 0.717) is 18.8 Å². The second kappa shape index (κ2) is 5.42. The van der Waals surface area contributed by atoms with Gasteiger partial charge in [-0.05, 0) is 43.4 Å². The molecule has 1 N–H and O–H groups in total. The highest BCUT2D eigenvalue weighted by atomic mass is 32.2. The maximum atomic E-state index is 12.7. The highest BCUT2D eigenvalue weighted by molar-refractivity contribution is 7.89. The third-order valence-electron chi connectivity index (χ3n) is 4.17. The van der Waals surface area contributed by atoms with Gasteiger partial charge in [0.2, 0.25) is 10.0 Å². The van der Waals surface area contributed by atoms with Gasteiger partial charge in [0.15, 0.2) is 0 Å². The van der Waals surface area contributed by atoms with Gasteiger partial charge in [0, 0.05) is 6.54 Å². The van der Waals surface area contributed by atoms with Gasteiger partial charge in [-0.1, -0.05) is 26.0 Å². The van der Waals surface area contributed by atoms with Crippen LogP contribution in [0.4, 0.5) is 0 Å². The zero-order valence-electron chi connectivity index (χ0n) is 12.5. The quantitative estimate of drug-likeness (QED) is 0.926. The molecule has 1 saturated heterocycles. The SMILES string of the molecule is CC(C)c1ccc(S(=O)(=O)N2CCCC2(C)C(=O)O)cc1. The molecule has 21 heavy (non-hydrogen) atoms. The summed E-state index contributed by atoms with van der Waals surface area (Å²) in [6.07, 6.45) is 0.901. The molecule has 1 heterocycles. The second-order valence-corrected chi connectivity index (χ2v) is 7.85. The second-order valence-electron chi connectivity index (χ2n) is 5.98. The van der Waals surface area contributed by atoms with E-state index in [4.69, 9.17) is 0 Å². The summed E-state index contributed by atoms with van der Waals surface area (Å²) in [7, 11) is -3.78. The average molecular weight is 311 g/mol. The number of aliphatic carboxylic acids is 1. The van der Waals surface area contributed by atoms with Gasteiger partial charge in [-0.25, -0.2) is 8.42 Å². The van der Waals surface area contributed by atoms with Crippen LogP contribution in [0.25, 0.3) is 0 Å². The Balaban J connectivity index is 2.40. The van der Waals surface area contributed by atoms with Crippen LogP contribution in [0.5, 0.6) is 0 Å². The van der Waals surface area contributed by atoms with Crippen molar-refractivity contribution in [1.82, 2.24) is 4.31 Å². The van der Waals surface area contributed by atoms with Crippen molar-refractivity contribution >= 4 is 16.0 Å². The highest BCUT2D eigenvalue weighted by Gasteiger charge is 2.49. The Morgan fingerprint density at radius 1 is 1.29 bits per heavy atom. The number of nitrogens with zero attached hydrogens (tertiary/aromatic N) is 1. The standard InChI is InChI=1S/C15H21NO4S/c1-11(2)12-5-7-13(8-6-12)21(19,20)16-10-4-9-15(16,3)14(17)18/h5-8,11H,4,9-10H2,1-3H3,(H,17,18). The first-order valence-corrected chi connectivity index (χ1v) is 8.50. The Labute approximate surface area is 125 Å². The fourth-order valence-electron chi connectivity index (χ4n) is 2.69. The third-order valence-corrected chi connectivity index (χ3v) is 6.20. The molecule has 1 fully saturated rings. The minimum Gasteiger partial charge on any atom is -0.480 e. The van der Waals surface area contributed by atoms with E-state index in [1.807, 2.05) is 13.8 Å². The highest BCUT2D eigenvalue weighted by Crippen LogP contribution is 2.34. The van der Waals surface area contributed by atoms with E-state index in [2.05, 4.69) is 0 Å². The van der Waals surface area contributed by atoms with Crippen molar-refractivity contribution in [2.24, 2.45) is 0 Å². The molecule has 0 aliphatic carbocycles. The molecule has 0 amide bonds. The van der Waals surface area contributed by atoms with Gasteiger partial charge in [0.05, 0.1) is 4.90 Å². The summed E-state index contributed by atoms with van der Waals surface area (Å²) in [6.45, 7) is 5.79. The van der Waals surface area contributed by atoms with Crippen LogP contribution < -0.4 is 0 Å². The molecule has 6 heteroatoms. The molecular formula is C15H21NO4S. The minimum absolute atomic E-state index is 0.154. The number of carbonyl (C=O) groups is 1. The van der Waals surface area contributed by atoms with Crippen LogP contribution in [-0.4, -0.2) is 35.9 Å². The van der Waals surface area contributed by atoms with Gasteiger partial charge < -0.3 is 5.11 Å². The van der Waals surface area contributed by atoms with Crippen LogP contribution in [0.2, 0.25) is 0 Å². The van der Waals surface area contributed by atoms with Gasteiger partial charge >= 0.3 is 5.97 Å². The van der Waals surface area contributed by atoms with Gasteiger partial charge in [-0.15, -0.1) is 0 Å². The molecule has 0 bridgehead atoms. The summed E-state index contributed by atoms with van der Waals surface area (Å²) >= 11 is 0. The molecule has 1 aliphatic rings. The monoisotopic (exact) mass is 311 g/mol. The number of hydrogen-bond donors (Lipinski definition) is 1. The van der Waals surface area contributed by atoms with Crippen LogP contribution in [0.15, 0.2) is 29.2 Å². The van der Waals surface area contributed by atoms with Gasteiger partial charge in [-0.3, -0.25) is 4.79 Å². The zero-order chi connectivity index (χ0) is 15.8. The molecule has 0 aromatic heterocycles. The van der Waals surface area contributed by atoms with Crippen LogP contribution in [0.1, 0.15) is 45.1 Å². The number of carboxylic acid groups (broad SMARTS) is 1. The zero-order valence-corrected chi connectivity index (χ0v) is 13.4. The Morgan fingerprint density at radius 2 is 1.86 bits per heavy atom. The van der Waals surface area contributed by atoms with E-state index in [0.717, 1.165) is 9.87 Å². The summed E-state index contributed by atoms with van der Waals surface area (Å²) in [5, 5.41) is 9.36. The lowest BCUT2D eigenvalue weighted by atomic mass is 10.0. The first kappa shape index (κ1) is 16.0. The molecular weight excluding hydrogens is 290 g/mol. The maximum absolute atomic E-state index is 12.7. The molecule has 5 nitrogen and oxygen atoms in total. The normalized spacial score (nSPS) is 23.6. The molecule has 116 valence electrons. The smallest absolute Gasteiger partial charge is 0.324 e. The summed E-state index contributed by atoms with van der Waals surface area (Å²) in [4.78, 5) is 11.6. The Morgan fingerprint density at radius 3 is 2.33 bits per heavy atom. The van der Waals surface area contributed by atoms with Crippen LogP contribution in [-0.2, 0) is 14.8 Å². The summed E-state index contributed by atoms with van der Waals surface area (Å²) < 4.78 is 26.5. The number of benzene rings is 1. The predicted octanol–water partition coefficient (Wildman–Crippen LogP) is 2.44. The fraction of sp³-hybridized carbons (Fsp3) is 0.533. The summed E-state index contributed by atoms with van der Waals surface area (Å²) in [6, 6.07) is 6.69. The number of sulfonamides is 1. The van der Waals surface area contributed by atoms with E-state index in [1.54, 1.807) is 24.3 Å². The van der Waals surface area contributed by atoms with Crippen molar-refractivity contribution in [3.8, 4) is 0 Å². The molecule has 0 radical (unpaired) electrons. The molecule has 0 saturated carbocycles. The van der Waals surface area contributed by atoms with Crippen molar-refractivity contribution in [3.05, 3.63) is 29.8 Å². The molecule has 2 rings (SSSR count). The first-order valence-electron chi connectivity index (χ1n) is 7.06. The van der Waals surface area contributed by atoms with Crippen molar-refractivity contribution < 1.29 is 18.3 Å². The van der Waals surface area contributed by atoms with Crippen molar-refractivity contribution in [2.45, 2.75) is 50.0 Å². The van der Waals surface area contributed by atoms with E-state index in [-0.39, 0.29) is 11.4 Å². The predicted molar refractivity (Wildman–Crippen MR) is 79.7 cm³/mol. The van der Waals surface area contributed by atoms with Gasteiger partial charge in [0.1, 0.15) is 5.54 Å². The van der Waals surface area contributed by atoms with E-state index < -0.39 is 21.5 Å². The molecule has 1 aromatic carbocycles. The van der Waals surface area contributed by atoms with E-state index in [9.17, 15) is 18.3 Å². The number of carboxylic acids is 1.